The number of ether oxygens (including phenoxy) is 2. The first-order valence-corrected chi connectivity index (χ1v) is 12.0. The second-order valence-electron chi connectivity index (χ2n) is 8.00. The van der Waals surface area contributed by atoms with E-state index in [2.05, 4.69) is 23.8 Å². The Morgan fingerprint density at radius 2 is 1.17 bits per heavy atom. The molecule has 1 heterocycles. The second kappa shape index (κ2) is 15.7. The third-order valence-electron chi connectivity index (χ3n) is 5.29. The van der Waals surface area contributed by atoms with E-state index in [9.17, 15) is 0 Å². The Bertz CT molecular complexity index is 656. The molecule has 1 aromatic carbocycles. The first-order valence-electron chi connectivity index (χ1n) is 12.0. The predicted octanol–water partition coefficient (Wildman–Crippen LogP) is 7.62. The van der Waals surface area contributed by atoms with Gasteiger partial charge in [-0.3, -0.25) is 0 Å². The number of benzene rings is 1. The SMILES string of the molecule is CCCCCCCCCOc1ccc(-c2cnc(OCCCCCCC)cn2)cc1. The fourth-order valence-electron chi connectivity index (χ4n) is 3.39. The fourth-order valence-corrected chi connectivity index (χ4v) is 3.39. The van der Waals surface area contributed by atoms with E-state index in [1.165, 1.54) is 64.2 Å². The monoisotopic (exact) mass is 412 g/mol. The highest BCUT2D eigenvalue weighted by molar-refractivity contribution is 5.59. The topological polar surface area (TPSA) is 44.2 Å². The molecule has 2 rings (SSSR count). The molecule has 0 amide bonds. The molecule has 0 atom stereocenters. The molecule has 0 aliphatic carbocycles. The Kier molecular flexibility index (Phi) is 12.7. The molecule has 0 N–H and O–H groups in total. The zero-order valence-corrected chi connectivity index (χ0v) is 19.1. The minimum absolute atomic E-state index is 0.601. The van der Waals surface area contributed by atoms with Gasteiger partial charge in [-0.25, -0.2) is 9.97 Å². The van der Waals surface area contributed by atoms with Crippen LogP contribution in [-0.4, -0.2) is 23.2 Å². The second-order valence-corrected chi connectivity index (χ2v) is 8.00. The fraction of sp³-hybridized carbons (Fsp3) is 0.615. The average molecular weight is 413 g/mol. The number of hydrogen-bond acceptors (Lipinski definition) is 4. The number of unbranched alkanes of at least 4 members (excludes halogenated alkanes) is 10. The molecule has 0 saturated carbocycles. The van der Waals surface area contributed by atoms with Crippen molar-refractivity contribution >= 4 is 0 Å². The summed E-state index contributed by atoms with van der Waals surface area (Å²) in [5.74, 6) is 1.52. The van der Waals surface area contributed by atoms with Gasteiger partial charge in [0.15, 0.2) is 0 Å². The molecule has 4 nitrogen and oxygen atoms in total. The van der Waals surface area contributed by atoms with Crippen molar-refractivity contribution in [3.05, 3.63) is 36.7 Å². The largest absolute Gasteiger partial charge is 0.494 e. The number of aromatic nitrogens is 2. The number of nitrogens with zero attached hydrogens (tertiary/aromatic N) is 2. The van der Waals surface area contributed by atoms with Crippen LogP contribution in [0.5, 0.6) is 11.6 Å². The average Bonchev–Trinajstić information content (AvgIpc) is 2.79. The Morgan fingerprint density at radius 3 is 1.73 bits per heavy atom. The minimum Gasteiger partial charge on any atom is -0.494 e. The van der Waals surface area contributed by atoms with Crippen LogP contribution in [0.4, 0.5) is 0 Å². The summed E-state index contributed by atoms with van der Waals surface area (Å²) in [6.07, 6.45) is 18.7. The van der Waals surface area contributed by atoms with Crippen molar-refractivity contribution < 1.29 is 9.47 Å². The van der Waals surface area contributed by atoms with E-state index < -0.39 is 0 Å². The summed E-state index contributed by atoms with van der Waals surface area (Å²) in [5, 5.41) is 0. The predicted molar refractivity (Wildman–Crippen MR) is 125 cm³/mol. The van der Waals surface area contributed by atoms with Gasteiger partial charge in [0.05, 0.1) is 31.3 Å². The molecule has 0 saturated heterocycles. The van der Waals surface area contributed by atoms with E-state index >= 15 is 0 Å². The summed E-state index contributed by atoms with van der Waals surface area (Å²) < 4.78 is 11.6. The molecular formula is C26H40N2O2. The van der Waals surface area contributed by atoms with E-state index in [1.54, 1.807) is 12.4 Å². The van der Waals surface area contributed by atoms with Crippen LogP contribution in [-0.2, 0) is 0 Å². The van der Waals surface area contributed by atoms with Crippen molar-refractivity contribution in [2.45, 2.75) is 90.9 Å². The highest BCUT2D eigenvalue weighted by Crippen LogP contribution is 2.21. The first kappa shape index (κ1) is 24.2. The maximum absolute atomic E-state index is 5.87. The summed E-state index contributed by atoms with van der Waals surface area (Å²) in [7, 11) is 0. The summed E-state index contributed by atoms with van der Waals surface area (Å²) in [4.78, 5) is 8.89. The lowest BCUT2D eigenvalue weighted by Gasteiger charge is -2.08. The standard InChI is InChI=1S/C26H40N2O2/c1-3-5-7-9-10-12-13-19-29-24-17-15-23(16-18-24)25-21-28-26(22-27-25)30-20-14-11-8-6-4-2/h15-18,21-22H,3-14,19-20H2,1-2H3. The van der Waals surface area contributed by atoms with Gasteiger partial charge in [-0.05, 0) is 37.1 Å². The van der Waals surface area contributed by atoms with E-state index in [0.717, 1.165) is 36.5 Å². The smallest absolute Gasteiger partial charge is 0.232 e. The molecule has 0 spiro atoms. The molecular weight excluding hydrogens is 372 g/mol. The van der Waals surface area contributed by atoms with Crippen molar-refractivity contribution in [3.8, 4) is 22.9 Å². The summed E-state index contributed by atoms with van der Waals surface area (Å²) >= 11 is 0. The molecule has 0 aliphatic rings. The van der Waals surface area contributed by atoms with Gasteiger partial charge in [-0.15, -0.1) is 0 Å². The molecule has 0 unspecified atom stereocenters. The van der Waals surface area contributed by atoms with Crippen molar-refractivity contribution in [2.24, 2.45) is 0 Å². The molecule has 166 valence electrons. The van der Waals surface area contributed by atoms with Crippen molar-refractivity contribution in [1.82, 2.24) is 9.97 Å². The molecule has 0 radical (unpaired) electrons. The van der Waals surface area contributed by atoms with Gasteiger partial charge in [0, 0.05) is 5.56 Å². The van der Waals surface area contributed by atoms with Crippen molar-refractivity contribution in [1.29, 1.82) is 0 Å². The zero-order valence-electron chi connectivity index (χ0n) is 19.1. The third-order valence-corrected chi connectivity index (χ3v) is 5.29. The molecule has 0 aliphatic heterocycles. The normalized spacial score (nSPS) is 10.9. The van der Waals surface area contributed by atoms with Crippen LogP contribution < -0.4 is 9.47 Å². The van der Waals surface area contributed by atoms with Gasteiger partial charge in [-0.2, -0.15) is 0 Å². The van der Waals surface area contributed by atoms with E-state index in [-0.39, 0.29) is 0 Å². The lowest BCUT2D eigenvalue weighted by molar-refractivity contribution is 0.292. The maximum atomic E-state index is 5.87. The van der Waals surface area contributed by atoms with Crippen LogP contribution in [0.15, 0.2) is 36.7 Å². The quantitative estimate of drug-likeness (QED) is 0.251. The Balaban J connectivity index is 1.65. The molecule has 30 heavy (non-hydrogen) atoms. The highest BCUT2D eigenvalue weighted by Gasteiger charge is 2.03. The molecule has 0 fully saturated rings. The van der Waals surface area contributed by atoms with Gasteiger partial charge in [-0.1, -0.05) is 78.1 Å². The Labute approximate surface area is 183 Å². The van der Waals surface area contributed by atoms with Gasteiger partial charge >= 0.3 is 0 Å². The van der Waals surface area contributed by atoms with Crippen LogP contribution in [0.25, 0.3) is 11.3 Å². The van der Waals surface area contributed by atoms with E-state index in [4.69, 9.17) is 9.47 Å². The third kappa shape index (κ3) is 10.1. The lowest BCUT2D eigenvalue weighted by Crippen LogP contribution is -2.00. The molecule has 2 aromatic rings. The Hall–Kier alpha value is -2.10. The number of hydrogen-bond donors (Lipinski definition) is 0. The van der Waals surface area contributed by atoms with Gasteiger partial charge in [0.2, 0.25) is 5.88 Å². The maximum Gasteiger partial charge on any atom is 0.232 e. The van der Waals surface area contributed by atoms with Crippen molar-refractivity contribution in [2.75, 3.05) is 13.2 Å². The number of rotatable bonds is 17. The molecule has 0 bridgehead atoms. The van der Waals surface area contributed by atoms with Gasteiger partial charge in [0.1, 0.15) is 5.75 Å². The minimum atomic E-state index is 0.601. The molecule has 1 aromatic heterocycles. The van der Waals surface area contributed by atoms with Crippen LogP contribution in [0, 0.1) is 0 Å². The van der Waals surface area contributed by atoms with Crippen LogP contribution in [0.2, 0.25) is 0 Å². The van der Waals surface area contributed by atoms with E-state index in [0.29, 0.717) is 12.5 Å². The first-order chi connectivity index (χ1) is 14.8. The zero-order chi connectivity index (χ0) is 21.3. The van der Waals surface area contributed by atoms with Crippen molar-refractivity contribution in [3.63, 3.8) is 0 Å². The highest BCUT2D eigenvalue weighted by atomic mass is 16.5. The van der Waals surface area contributed by atoms with E-state index in [1.807, 2.05) is 24.3 Å². The van der Waals surface area contributed by atoms with Crippen LogP contribution in [0.1, 0.15) is 90.9 Å². The van der Waals surface area contributed by atoms with Crippen LogP contribution in [0.3, 0.4) is 0 Å². The summed E-state index contributed by atoms with van der Waals surface area (Å²) in [5.41, 5.74) is 1.89. The molecule has 4 heteroatoms. The summed E-state index contributed by atoms with van der Waals surface area (Å²) in [6.45, 7) is 5.98. The van der Waals surface area contributed by atoms with Gasteiger partial charge < -0.3 is 9.47 Å². The lowest BCUT2D eigenvalue weighted by atomic mass is 10.1. The Morgan fingerprint density at radius 1 is 0.600 bits per heavy atom. The summed E-state index contributed by atoms with van der Waals surface area (Å²) in [6, 6.07) is 8.11. The van der Waals surface area contributed by atoms with Gasteiger partial charge in [0.25, 0.3) is 0 Å². The van der Waals surface area contributed by atoms with Crippen LogP contribution >= 0.6 is 0 Å².